The predicted molar refractivity (Wildman–Crippen MR) is 80.4 cm³/mol. The zero-order valence-electron chi connectivity index (χ0n) is 13.2. The van der Waals surface area contributed by atoms with E-state index in [0.29, 0.717) is 42.0 Å². The number of likely N-dealkylation sites (tertiary alicyclic amines) is 1. The summed E-state index contributed by atoms with van der Waals surface area (Å²) in [6.07, 6.45) is 3.20. The highest BCUT2D eigenvalue weighted by Gasteiger charge is 2.37. The quantitative estimate of drug-likeness (QED) is 0.711. The number of furan rings is 1. The molecule has 124 valence electrons. The van der Waals surface area contributed by atoms with E-state index >= 15 is 0 Å². The van der Waals surface area contributed by atoms with E-state index in [1.54, 1.807) is 41.2 Å². The summed E-state index contributed by atoms with van der Waals surface area (Å²) in [6, 6.07) is 3.52. The van der Waals surface area contributed by atoms with Crippen LogP contribution in [0.1, 0.15) is 22.2 Å². The Morgan fingerprint density at radius 1 is 1.42 bits per heavy atom. The van der Waals surface area contributed by atoms with Gasteiger partial charge in [0.25, 0.3) is 5.91 Å². The van der Waals surface area contributed by atoms with Crippen LogP contribution in [0.3, 0.4) is 0 Å². The number of hydrogen-bond acceptors (Lipinski definition) is 7. The van der Waals surface area contributed by atoms with E-state index in [1.807, 2.05) is 0 Å². The highest BCUT2D eigenvalue weighted by atomic mass is 16.5. The molecule has 1 aliphatic rings. The molecule has 1 aliphatic heterocycles. The smallest absolute Gasteiger partial charge is 0.261 e. The lowest BCUT2D eigenvalue weighted by Crippen LogP contribution is -2.48. The van der Waals surface area contributed by atoms with E-state index in [0.717, 1.165) is 0 Å². The summed E-state index contributed by atoms with van der Waals surface area (Å²) < 4.78 is 17.2. The van der Waals surface area contributed by atoms with E-state index in [-0.39, 0.29) is 11.8 Å². The van der Waals surface area contributed by atoms with Gasteiger partial charge >= 0.3 is 0 Å². The molecule has 9 heteroatoms. The van der Waals surface area contributed by atoms with E-state index in [4.69, 9.17) is 13.7 Å². The fraction of sp³-hybridized carbons (Fsp3) is 0.333. The minimum Gasteiger partial charge on any atom is -0.479 e. The van der Waals surface area contributed by atoms with Crippen LogP contribution >= 0.6 is 0 Å². The number of carbonyl (C=O) groups excluding carboxylic acids is 1. The maximum atomic E-state index is 12.5. The predicted octanol–water partition coefficient (Wildman–Crippen LogP) is 1.31. The van der Waals surface area contributed by atoms with Crippen molar-refractivity contribution < 1.29 is 18.5 Å². The molecule has 1 fully saturated rings. The molecule has 4 heterocycles. The fourth-order valence-corrected chi connectivity index (χ4v) is 2.64. The first-order chi connectivity index (χ1) is 11.7. The molecule has 0 aromatic carbocycles. The first-order valence-electron chi connectivity index (χ1n) is 7.40. The lowest BCUT2D eigenvalue weighted by molar-refractivity contribution is 0.0566. The summed E-state index contributed by atoms with van der Waals surface area (Å²) in [7, 11) is 3.24. The monoisotopic (exact) mass is 329 g/mol. The fourth-order valence-electron chi connectivity index (χ4n) is 2.64. The van der Waals surface area contributed by atoms with Gasteiger partial charge in [-0.2, -0.15) is 4.98 Å². The average molecular weight is 329 g/mol. The van der Waals surface area contributed by atoms with Crippen molar-refractivity contribution in [2.75, 3.05) is 20.2 Å². The van der Waals surface area contributed by atoms with Gasteiger partial charge in [0.1, 0.15) is 5.56 Å². The molecular formula is C15H15N5O4. The maximum absolute atomic E-state index is 12.5. The van der Waals surface area contributed by atoms with Gasteiger partial charge in [-0.25, -0.2) is 0 Å². The second-order valence-electron chi connectivity index (χ2n) is 5.57. The second-order valence-corrected chi connectivity index (χ2v) is 5.57. The van der Waals surface area contributed by atoms with Crippen LogP contribution in [0.15, 0.2) is 33.5 Å². The Labute approximate surface area is 136 Å². The third-order valence-electron chi connectivity index (χ3n) is 3.92. The summed E-state index contributed by atoms with van der Waals surface area (Å²) in [4.78, 5) is 18.5. The van der Waals surface area contributed by atoms with Gasteiger partial charge in [-0.05, 0) is 12.1 Å². The Kier molecular flexibility index (Phi) is 3.33. The largest absolute Gasteiger partial charge is 0.479 e. The molecule has 0 atom stereocenters. The number of methoxy groups -OCH3 is 1. The molecule has 0 saturated carbocycles. The lowest BCUT2D eigenvalue weighted by atomic mass is 9.99. The van der Waals surface area contributed by atoms with Gasteiger partial charge in [0, 0.05) is 26.3 Å². The molecule has 0 bridgehead atoms. The highest BCUT2D eigenvalue weighted by Crippen LogP contribution is 2.30. The number of aromatic nitrogens is 4. The van der Waals surface area contributed by atoms with Crippen molar-refractivity contribution in [2.45, 2.75) is 5.92 Å². The summed E-state index contributed by atoms with van der Waals surface area (Å²) in [5, 5.41) is 8.00. The van der Waals surface area contributed by atoms with Gasteiger partial charge in [0.05, 0.1) is 19.3 Å². The Bertz CT molecular complexity index is 860. The van der Waals surface area contributed by atoms with Gasteiger partial charge in [0.15, 0.2) is 5.76 Å². The van der Waals surface area contributed by atoms with Gasteiger partial charge in [-0.15, -0.1) is 5.10 Å². The molecule has 0 radical (unpaired) electrons. The van der Waals surface area contributed by atoms with Gasteiger partial charge in [0.2, 0.25) is 17.6 Å². The van der Waals surface area contributed by atoms with Gasteiger partial charge < -0.3 is 18.6 Å². The number of amides is 1. The van der Waals surface area contributed by atoms with Crippen molar-refractivity contribution in [2.24, 2.45) is 7.05 Å². The van der Waals surface area contributed by atoms with Crippen LogP contribution < -0.4 is 4.74 Å². The van der Waals surface area contributed by atoms with Crippen molar-refractivity contribution >= 4 is 5.91 Å². The first kappa shape index (κ1) is 14.5. The molecule has 0 N–H and O–H groups in total. The van der Waals surface area contributed by atoms with E-state index in [9.17, 15) is 4.79 Å². The molecule has 24 heavy (non-hydrogen) atoms. The average Bonchev–Trinajstić information content (AvgIpc) is 3.25. The van der Waals surface area contributed by atoms with Crippen molar-refractivity contribution in [3.8, 4) is 17.5 Å². The summed E-state index contributed by atoms with van der Waals surface area (Å²) in [6.45, 7) is 1.02. The third-order valence-corrected chi connectivity index (χ3v) is 3.92. The van der Waals surface area contributed by atoms with Crippen molar-refractivity contribution in [3.63, 3.8) is 0 Å². The van der Waals surface area contributed by atoms with Crippen LogP contribution in [0.25, 0.3) is 11.6 Å². The number of nitrogens with zero attached hydrogens (tertiary/aromatic N) is 5. The lowest BCUT2D eigenvalue weighted by Gasteiger charge is -2.36. The molecule has 9 nitrogen and oxygen atoms in total. The van der Waals surface area contributed by atoms with Gasteiger partial charge in [-0.1, -0.05) is 5.16 Å². The SMILES string of the molecule is COc1nn(C)cc1C(=O)N1CC(c2nc(-c3ccco3)no2)C1. The van der Waals surface area contributed by atoms with E-state index < -0.39 is 0 Å². The molecule has 4 rings (SSSR count). The van der Waals surface area contributed by atoms with Crippen molar-refractivity contribution in [1.29, 1.82) is 0 Å². The Balaban J connectivity index is 1.44. The van der Waals surface area contributed by atoms with Crippen molar-refractivity contribution in [1.82, 2.24) is 24.8 Å². The van der Waals surface area contributed by atoms with E-state index in [2.05, 4.69) is 15.2 Å². The number of aryl methyl sites for hydroxylation is 1. The normalized spacial score (nSPS) is 14.7. The zero-order chi connectivity index (χ0) is 16.7. The molecule has 1 amide bonds. The van der Waals surface area contributed by atoms with E-state index in [1.165, 1.54) is 7.11 Å². The third kappa shape index (κ3) is 2.34. The van der Waals surface area contributed by atoms with Crippen molar-refractivity contribution in [3.05, 3.63) is 36.0 Å². The Morgan fingerprint density at radius 3 is 2.96 bits per heavy atom. The number of ether oxygens (including phenoxy) is 1. The molecule has 0 spiro atoms. The molecule has 0 aliphatic carbocycles. The number of rotatable bonds is 4. The second kappa shape index (κ2) is 5.52. The zero-order valence-corrected chi connectivity index (χ0v) is 13.2. The molecule has 3 aromatic heterocycles. The van der Waals surface area contributed by atoms with Gasteiger partial charge in [-0.3, -0.25) is 9.48 Å². The van der Waals surface area contributed by atoms with Crippen LogP contribution in [0, 0.1) is 0 Å². The number of hydrogen-bond donors (Lipinski definition) is 0. The van der Waals surface area contributed by atoms with Crippen LogP contribution in [-0.2, 0) is 7.05 Å². The summed E-state index contributed by atoms with van der Waals surface area (Å²) in [5.74, 6) is 1.69. The number of carbonyl (C=O) groups is 1. The van der Waals surface area contributed by atoms with Crippen LogP contribution in [0.5, 0.6) is 5.88 Å². The molecule has 0 unspecified atom stereocenters. The maximum Gasteiger partial charge on any atom is 0.261 e. The minimum absolute atomic E-state index is 0.0211. The van der Waals surface area contributed by atoms with Crippen LogP contribution in [0.2, 0.25) is 0 Å². The summed E-state index contributed by atoms with van der Waals surface area (Å²) >= 11 is 0. The standard InChI is InChI=1S/C15H15N5O4/c1-19-8-10(14(17-19)22-2)15(21)20-6-9(7-20)13-16-12(18-24-13)11-4-3-5-23-11/h3-5,8-9H,6-7H2,1-2H3. The molecule has 1 saturated heterocycles. The summed E-state index contributed by atoms with van der Waals surface area (Å²) in [5.41, 5.74) is 0.445. The molecule has 3 aromatic rings. The first-order valence-corrected chi connectivity index (χ1v) is 7.40. The molecular weight excluding hydrogens is 314 g/mol. The van der Waals surface area contributed by atoms with Crippen LogP contribution in [0.4, 0.5) is 0 Å². The van der Waals surface area contributed by atoms with Crippen LogP contribution in [-0.4, -0.2) is 50.9 Å². The Morgan fingerprint density at radius 2 is 2.25 bits per heavy atom. The Hall–Kier alpha value is -3.10. The highest BCUT2D eigenvalue weighted by molar-refractivity contribution is 5.96. The minimum atomic E-state index is -0.123. The topological polar surface area (TPSA) is 99.4 Å².